The van der Waals surface area contributed by atoms with E-state index in [1.54, 1.807) is 11.3 Å². The molecule has 124 valence electrons. The van der Waals surface area contributed by atoms with Gasteiger partial charge in [-0.15, -0.1) is 11.3 Å². The maximum absolute atomic E-state index is 12.7. The molecule has 0 saturated carbocycles. The van der Waals surface area contributed by atoms with E-state index in [1.165, 1.54) is 10.4 Å². The highest BCUT2D eigenvalue weighted by molar-refractivity contribution is 7.18. The van der Waals surface area contributed by atoms with Gasteiger partial charge in [-0.05, 0) is 55.0 Å². The second-order valence-corrected chi connectivity index (χ2v) is 7.97. The van der Waals surface area contributed by atoms with Gasteiger partial charge in [0.15, 0.2) is 0 Å². The van der Waals surface area contributed by atoms with Gasteiger partial charge in [0.1, 0.15) is 10.7 Å². The van der Waals surface area contributed by atoms with Crippen molar-refractivity contribution in [1.29, 1.82) is 0 Å². The Kier molecular flexibility index (Phi) is 3.68. The highest BCUT2D eigenvalue weighted by Crippen LogP contribution is 2.36. The van der Waals surface area contributed by atoms with E-state index in [4.69, 9.17) is 4.98 Å². The third-order valence-corrected chi connectivity index (χ3v) is 5.97. The zero-order valence-electron chi connectivity index (χ0n) is 14.2. The highest BCUT2D eigenvalue weighted by Gasteiger charge is 2.23. The van der Waals surface area contributed by atoms with Crippen molar-refractivity contribution in [3.63, 3.8) is 0 Å². The van der Waals surface area contributed by atoms with Crippen molar-refractivity contribution >= 4 is 27.2 Å². The predicted octanol–water partition coefficient (Wildman–Crippen LogP) is 3.84. The van der Waals surface area contributed by atoms with Crippen LogP contribution in [0.2, 0.25) is 0 Å². The Morgan fingerprint density at radius 2 is 2.00 bits per heavy atom. The fraction of sp³-hybridized carbons (Fsp3) is 0.368. The maximum atomic E-state index is 12.7. The number of benzene rings is 1. The van der Waals surface area contributed by atoms with E-state index >= 15 is 0 Å². The number of aromatic amines is 1. The van der Waals surface area contributed by atoms with Gasteiger partial charge in [0.05, 0.1) is 5.39 Å². The summed E-state index contributed by atoms with van der Waals surface area (Å²) in [5.74, 6) is 1.35. The molecule has 1 atom stereocenters. The summed E-state index contributed by atoms with van der Waals surface area (Å²) in [6.07, 6.45) is 3.23. The molecule has 0 saturated heterocycles. The van der Waals surface area contributed by atoms with Crippen LogP contribution in [0.25, 0.3) is 21.6 Å². The summed E-state index contributed by atoms with van der Waals surface area (Å²) in [6.45, 7) is 2.28. The Morgan fingerprint density at radius 3 is 2.71 bits per heavy atom. The molecular formula is C19H21N3OS. The Balaban J connectivity index is 1.82. The number of hydrogen-bond donors (Lipinski definition) is 1. The standard InChI is InChI=1S/C19H21N3OS/c1-11-4-9-14-15(10-11)24-19-16(14)18(23)20-17(21-19)12-5-7-13(8-6-12)22(2)3/h5-8,11H,4,9-10H2,1-3H3,(H,20,21,23)/t11-/m0/s1. The summed E-state index contributed by atoms with van der Waals surface area (Å²) in [4.78, 5) is 24.7. The molecule has 3 aromatic rings. The third kappa shape index (κ3) is 2.53. The monoisotopic (exact) mass is 339 g/mol. The van der Waals surface area contributed by atoms with E-state index in [0.29, 0.717) is 11.7 Å². The van der Waals surface area contributed by atoms with E-state index in [2.05, 4.69) is 16.8 Å². The van der Waals surface area contributed by atoms with E-state index in [-0.39, 0.29) is 5.56 Å². The molecule has 4 nitrogen and oxygen atoms in total. The minimum Gasteiger partial charge on any atom is -0.378 e. The van der Waals surface area contributed by atoms with Crippen LogP contribution in [0.3, 0.4) is 0 Å². The lowest BCUT2D eigenvalue weighted by molar-refractivity contribution is 0.509. The lowest BCUT2D eigenvalue weighted by Gasteiger charge is -2.17. The van der Waals surface area contributed by atoms with Gasteiger partial charge in [0, 0.05) is 30.2 Å². The zero-order chi connectivity index (χ0) is 16.8. The summed E-state index contributed by atoms with van der Waals surface area (Å²) in [5.41, 5.74) is 3.30. The third-order valence-electron chi connectivity index (χ3n) is 4.82. The van der Waals surface area contributed by atoms with Crippen molar-refractivity contribution in [1.82, 2.24) is 9.97 Å². The van der Waals surface area contributed by atoms with E-state index in [0.717, 1.165) is 40.7 Å². The molecule has 0 bridgehead atoms. The average molecular weight is 339 g/mol. The number of fused-ring (bicyclic) bond motifs is 3. The van der Waals surface area contributed by atoms with Crippen LogP contribution in [0, 0.1) is 5.92 Å². The number of aromatic nitrogens is 2. The molecule has 0 radical (unpaired) electrons. The average Bonchev–Trinajstić information content (AvgIpc) is 2.92. The smallest absolute Gasteiger partial charge is 0.260 e. The minimum absolute atomic E-state index is 0.00117. The summed E-state index contributed by atoms with van der Waals surface area (Å²) in [7, 11) is 4.02. The number of thiophene rings is 1. The van der Waals surface area contributed by atoms with Gasteiger partial charge < -0.3 is 9.88 Å². The van der Waals surface area contributed by atoms with Crippen molar-refractivity contribution in [2.75, 3.05) is 19.0 Å². The molecule has 5 heteroatoms. The van der Waals surface area contributed by atoms with Crippen LogP contribution in [0.1, 0.15) is 23.8 Å². The van der Waals surface area contributed by atoms with Crippen molar-refractivity contribution < 1.29 is 0 Å². The van der Waals surface area contributed by atoms with Crippen molar-refractivity contribution in [2.45, 2.75) is 26.2 Å². The maximum Gasteiger partial charge on any atom is 0.260 e. The summed E-state index contributed by atoms with van der Waals surface area (Å²) in [5, 5.41) is 0.815. The number of nitrogens with zero attached hydrogens (tertiary/aromatic N) is 2. The van der Waals surface area contributed by atoms with Crippen molar-refractivity contribution in [3.8, 4) is 11.4 Å². The molecular weight excluding hydrogens is 318 g/mol. The lowest BCUT2D eigenvalue weighted by Crippen LogP contribution is -2.13. The van der Waals surface area contributed by atoms with Gasteiger partial charge in [0.2, 0.25) is 0 Å². The topological polar surface area (TPSA) is 49.0 Å². The number of hydrogen-bond acceptors (Lipinski definition) is 4. The van der Waals surface area contributed by atoms with Crippen LogP contribution in [0.15, 0.2) is 29.1 Å². The molecule has 0 aliphatic heterocycles. The molecule has 1 aliphatic carbocycles. The molecule has 4 rings (SSSR count). The Hall–Kier alpha value is -2.14. The Labute approximate surface area is 145 Å². The number of anilines is 1. The second-order valence-electron chi connectivity index (χ2n) is 6.89. The van der Waals surface area contributed by atoms with Gasteiger partial charge in [-0.2, -0.15) is 0 Å². The van der Waals surface area contributed by atoms with Crippen LogP contribution in [-0.4, -0.2) is 24.1 Å². The SMILES string of the molecule is C[C@H]1CCc2c(sc3nc(-c4ccc(N(C)C)cc4)[nH]c(=O)c23)C1. The number of rotatable bonds is 2. The molecule has 1 N–H and O–H groups in total. The van der Waals surface area contributed by atoms with Crippen LogP contribution in [-0.2, 0) is 12.8 Å². The summed E-state index contributed by atoms with van der Waals surface area (Å²) in [6, 6.07) is 8.10. The fourth-order valence-electron chi connectivity index (χ4n) is 3.40. The van der Waals surface area contributed by atoms with E-state index in [1.807, 2.05) is 38.4 Å². The molecule has 2 heterocycles. The zero-order valence-corrected chi connectivity index (χ0v) is 15.0. The minimum atomic E-state index is -0.00117. The highest BCUT2D eigenvalue weighted by atomic mass is 32.1. The molecule has 2 aromatic heterocycles. The van der Waals surface area contributed by atoms with Gasteiger partial charge in [-0.3, -0.25) is 4.79 Å². The molecule has 0 fully saturated rings. The summed E-state index contributed by atoms with van der Waals surface area (Å²) < 4.78 is 0. The quantitative estimate of drug-likeness (QED) is 0.772. The largest absolute Gasteiger partial charge is 0.378 e. The number of H-pyrrole nitrogens is 1. The predicted molar refractivity (Wildman–Crippen MR) is 101 cm³/mol. The Bertz CT molecular complexity index is 953. The molecule has 1 aliphatic rings. The van der Waals surface area contributed by atoms with Gasteiger partial charge in [0.25, 0.3) is 5.56 Å². The van der Waals surface area contributed by atoms with Crippen LogP contribution in [0.4, 0.5) is 5.69 Å². The normalized spacial score (nSPS) is 17.0. The first-order valence-corrected chi connectivity index (χ1v) is 9.17. The number of nitrogens with one attached hydrogen (secondary N) is 1. The molecule has 0 spiro atoms. The van der Waals surface area contributed by atoms with Gasteiger partial charge in [-0.1, -0.05) is 6.92 Å². The first kappa shape index (κ1) is 15.4. The fourth-order valence-corrected chi connectivity index (χ4v) is 4.79. The van der Waals surface area contributed by atoms with Gasteiger partial charge in [-0.25, -0.2) is 4.98 Å². The Morgan fingerprint density at radius 1 is 1.25 bits per heavy atom. The van der Waals surface area contributed by atoms with Crippen molar-refractivity contribution in [3.05, 3.63) is 45.1 Å². The van der Waals surface area contributed by atoms with Gasteiger partial charge >= 0.3 is 0 Å². The molecule has 0 amide bonds. The first-order chi connectivity index (χ1) is 11.5. The summed E-state index contributed by atoms with van der Waals surface area (Å²) >= 11 is 1.70. The lowest BCUT2D eigenvalue weighted by atomic mass is 9.89. The van der Waals surface area contributed by atoms with E-state index < -0.39 is 0 Å². The second kappa shape index (κ2) is 5.74. The number of aryl methyl sites for hydroxylation is 1. The van der Waals surface area contributed by atoms with Crippen LogP contribution in [0.5, 0.6) is 0 Å². The molecule has 1 aromatic carbocycles. The van der Waals surface area contributed by atoms with E-state index in [9.17, 15) is 4.79 Å². The molecule has 0 unspecified atom stereocenters. The molecule has 24 heavy (non-hydrogen) atoms. The van der Waals surface area contributed by atoms with Crippen LogP contribution >= 0.6 is 11.3 Å². The first-order valence-electron chi connectivity index (χ1n) is 8.35. The van der Waals surface area contributed by atoms with Crippen LogP contribution < -0.4 is 10.5 Å². The van der Waals surface area contributed by atoms with Crippen molar-refractivity contribution in [2.24, 2.45) is 5.92 Å².